The molecule has 0 N–H and O–H groups in total. The van der Waals surface area contributed by atoms with Crippen molar-refractivity contribution in [2.45, 2.75) is 13.8 Å². The molecule has 27 heavy (non-hydrogen) atoms. The second-order valence-electron chi connectivity index (χ2n) is 6.12. The van der Waals surface area contributed by atoms with Crippen LogP contribution in [0.3, 0.4) is 0 Å². The SMILES string of the molecule is C/C=C(/CN1CCN(S(=O)(=O)CC)CC1)N(N=NC)c1ccc(C#N)cc1. The molecule has 2 rings (SSSR count). The molecule has 0 aliphatic carbocycles. The van der Waals surface area contributed by atoms with Crippen LogP contribution in [-0.4, -0.2) is 63.1 Å². The molecule has 0 spiro atoms. The highest BCUT2D eigenvalue weighted by Crippen LogP contribution is 2.22. The van der Waals surface area contributed by atoms with E-state index in [1.807, 2.05) is 25.1 Å². The van der Waals surface area contributed by atoms with Gasteiger partial charge in [-0.2, -0.15) is 14.7 Å². The van der Waals surface area contributed by atoms with Gasteiger partial charge in [0, 0.05) is 32.7 Å². The molecule has 8 nitrogen and oxygen atoms in total. The van der Waals surface area contributed by atoms with E-state index in [4.69, 9.17) is 5.26 Å². The topological polar surface area (TPSA) is 92.4 Å². The maximum absolute atomic E-state index is 12.0. The third kappa shape index (κ3) is 5.35. The van der Waals surface area contributed by atoms with E-state index >= 15 is 0 Å². The predicted octanol–water partition coefficient (Wildman–Crippen LogP) is 2.23. The van der Waals surface area contributed by atoms with E-state index in [2.05, 4.69) is 21.3 Å². The first-order valence-electron chi connectivity index (χ1n) is 8.90. The van der Waals surface area contributed by atoms with E-state index in [0.29, 0.717) is 38.3 Å². The smallest absolute Gasteiger partial charge is 0.213 e. The van der Waals surface area contributed by atoms with E-state index in [0.717, 1.165) is 11.4 Å². The normalized spacial score (nSPS) is 17.2. The summed E-state index contributed by atoms with van der Waals surface area (Å²) in [5, 5.41) is 18.9. The van der Waals surface area contributed by atoms with Gasteiger partial charge in [0.15, 0.2) is 0 Å². The van der Waals surface area contributed by atoms with E-state index in [9.17, 15) is 8.42 Å². The molecular formula is C18H26N6O2S. The van der Waals surface area contributed by atoms with Crippen LogP contribution in [0.5, 0.6) is 0 Å². The lowest BCUT2D eigenvalue weighted by atomic mass is 10.2. The van der Waals surface area contributed by atoms with Crippen LogP contribution in [0.1, 0.15) is 19.4 Å². The Morgan fingerprint density at radius 2 is 1.89 bits per heavy atom. The van der Waals surface area contributed by atoms with Crippen molar-refractivity contribution in [3.8, 4) is 6.07 Å². The molecule has 0 radical (unpaired) electrons. The minimum absolute atomic E-state index is 0.135. The summed E-state index contributed by atoms with van der Waals surface area (Å²) in [4.78, 5) is 2.21. The van der Waals surface area contributed by atoms with Gasteiger partial charge in [-0.05, 0) is 38.1 Å². The Bertz CT molecular complexity index is 818. The van der Waals surface area contributed by atoms with Gasteiger partial charge in [-0.25, -0.2) is 13.4 Å². The van der Waals surface area contributed by atoms with Crippen molar-refractivity contribution in [3.05, 3.63) is 41.6 Å². The van der Waals surface area contributed by atoms with Crippen molar-refractivity contribution in [3.63, 3.8) is 0 Å². The number of hydrogen-bond acceptors (Lipinski definition) is 6. The molecule has 1 aromatic carbocycles. The standard InChI is InChI=1S/C18H26N6O2S/c1-4-17(15-22-10-12-23(13-11-22)27(25,26)5-2)24(21-20-3)18-8-6-16(14-19)7-9-18/h4,6-9H,5,10-13,15H2,1-3H3/b17-4-,21-20?. The lowest BCUT2D eigenvalue weighted by molar-refractivity contribution is 0.200. The monoisotopic (exact) mass is 390 g/mol. The highest BCUT2D eigenvalue weighted by molar-refractivity contribution is 7.89. The number of hydrogen-bond donors (Lipinski definition) is 0. The molecule has 1 aliphatic rings. The van der Waals surface area contributed by atoms with Crippen molar-refractivity contribution in [1.82, 2.24) is 9.21 Å². The lowest BCUT2D eigenvalue weighted by Gasteiger charge is -2.35. The second kappa shape index (κ2) is 9.60. The maximum Gasteiger partial charge on any atom is 0.213 e. The summed E-state index contributed by atoms with van der Waals surface area (Å²) >= 11 is 0. The number of benzene rings is 1. The zero-order chi connectivity index (χ0) is 19.9. The number of nitrogens with zero attached hydrogens (tertiary/aromatic N) is 6. The van der Waals surface area contributed by atoms with Gasteiger partial charge in [-0.15, -0.1) is 0 Å². The van der Waals surface area contributed by atoms with Gasteiger partial charge >= 0.3 is 0 Å². The quantitative estimate of drug-likeness (QED) is 0.526. The Morgan fingerprint density at radius 3 is 2.37 bits per heavy atom. The molecule has 0 bridgehead atoms. The molecule has 0 saturated carbocycles. The average molecular weight is 391 g/mol. The third-order valence-electron chi connectivity index (χ3n) is 4.50. The van der Waals surface area contributed by atoms with Crippen molar-refractivity contribution in [2.75, 3.05) is 50.5 Å². The molecule has 0 unspecified atom stereocenters. The molecule has 1 fully saturated rings. The summed E-state index contributed by atoms with van der Waals surface area (Å²) in [7, 11) is -1.52. The summed E-state index contributed by atoms with van der Waals surface area (Å²) < 4.78 is 25.6. The second-order valence-corrected chi connectivity index (χ2v) is 8.37. The van der Waals surface area contributed by atoms with Crippen molar-refractivity contribution < 1.29 is 8.42 Å². The molecule has 0 amide bonds. The van der Waals surface area contributed by atoms with Crippen LogP contribution in [0, 0.1) is 11.3 Å². The molecular weight excluding hydrogens is 364 g/mol. The Kier molecular flexibility index (Phi) is 7.47. The fourth-order valence-corrected chi connectivity index (χ4v) is 3.98. The largest absolute Gasteiger partial charge is 0.295 e. The van der Waals surface area contributed by atoms with Gasteiger partial charge in [-0.3, -0.25) is 4.90 Å². The fraction of sp³-hybridized carbons (Fsp3) is 0.500. The molecule has 1 heterocycles. The van der Waals surface area contributed by atoms with Gasteiger partial charge in [0.1, 0.15) is 0 Å². The summed E-state index contributed by atoms with van der Waals surface area (Å²) in [6.07, 6.45) is 1.97. The van der Waals surface area contributed by atoms with Crippen LogP contribution in [0.15, 0.2) is 46.4 Å². The zero-order valence-electron chi connectivity index (χ0n) is 16.0. The Hall–Kier alpha value is -2.28. The van der Waals surface area contributed by atoms with Gasteiger partial charge in [0.2, 0.25) is 10.0 Å². The van der Waals surface area contributed by atoms with Crippen LogP contribution >= 0.6 is 0 Å². The first kappa shape index (κ1) is 21.0. The van der Waals surface area contributed by atoms with E-state index in [-0.39, 0.29) is 5.75 Å². The molecule has 9 heteroatoms. The van der Waals surface area contributed by atoms with E-state index in [1.54, 1.807) is 35.4 Å². The van der Waals surface area contributed by atoms with Gasteiger partial charge in [0.05, 0.1) is 35.8 Å². The Morgan fingerprint density at radius 1 is 1.26 bits per heavy atom. The van der Waals surface area contributed by atoms with Crippen LogP contribution in [0.25, 0.3) is 0 Å². The lowest BCUT2D eigenvalue weighted by Crippen LogP contribution is -2.50. The molecule has 146 valence electrons. The van der Waals surface area contributed by atoms with Crippen molar-refractivity contribution in [1.29, 1.82) is 5.26 Å². The number of piperazine rings is 1. The molecule has 0 aromatic heterocycles. The molecule has 1 aromatic rings. The van der Waals surface area contributed by atoms with Gasteiger partial charge in [-0.1, -0.05) is 11.3 Å². The number of sulfonamides is 1. The summed E-state index contributed by atoms with van der Waals surface area (Å²) in [5.41, 5.74) is 2.35. The third-order valence-corrected chi connectivity index (χ3v) is 6.38. The van der Waals surface area contributed by atoms with E-state index < -0.39 is 10.0 Å². The minimum Gasteiger partial charge on any atom is -0.295 e. The first-order valence-corrected chi connectivity index (χ1v) is 10.5. The summed E-state index contributed by atoms with van der Waals surface area (Å²) in [6.45, 7) is 6.58. The van der Waals surface area contributed by atoms with Crippen LogP contribution in [-0.2, 0) is 10.0 Å². The Labute approximate surface area is 161 Å². The van der Waals surface area contributed by atoms with Crippen LogP contribution in [0.2, 0.25) is 0 Å². The number of allylic oxidation sites excluding steroid dienone is 1. The highest BCUT2D eigenvalue weighted by Gasteiger charge is 2.26. The predicted molar refractivity (Wildman–Crippen MR) is 106 cm³/mol. The summed E-state index contributed by atoms with van der Waals surface area (Å²) in [6, 6.07) is 9.27. The fourth-order valence-electron chi connectivity index (χ4n) is 2.90. The van der Waals surface area contributed by atoms with Crippen LogP contribution in [0.4, 0.5) is 5.69 Å². The number of anilines is 1. The zero-order valence-corrected chi connectivity index (χ0v) is 16.9. The Balaban J connectivity index is 2.09. The maximum atomic E-state index is 12.0. The summed E-state index contributed by atoms with van der Waals surface area (Å²) in [5.74, 6) is 0.135. The van der Waals surface area contributed by atoms with Crippen LogP contribution < -0.4 is 5.01 Å². The molecule has 1 aliphatic heterocycles. The molecule has 0 atom stereocenters. The average Bonchev–Trinajstić information content (AvgIpc) is 2.71. The first-order chi connectivity index (χ1) is 12.9. The number of nitriles is 1. The molecule has 1 saturated heterocycles. The minimum atomic E-state index is -3.13. The highest BCUT2D eigenvalue weighted by atomic mass is 32.2. The van der Waals surface area contributed by atoms with Crippen molar-refractivity contribution >= 4 is 15.7 Å². The van der Waals surface area contributed by atoms with Crippen molar-refractivity contribution in [2.24, 2.45) is 10.3 Å². The van der Waals surface area contributed by atoms with E-state index in [1.165, 1.54) is 0 Å². The van der Waals surface area contributed by atoms with Gasteiger partial charge in [0.25, 0.3) is 0 Å². The van der Waals surface area contributed by atoms with Gasteiger partial charge < -0.3 is 0 Å². The number of rotatable bonds is 7.